The first-order chi connectivity index (χ1) is 14.0. The minimum absolute atomic E-state index is 0.0101. The van der Waals surface area contributed by atoms with Crippen LogP contribution >= 0.6 is 0 Å². The van der Waals surface area contributed by atoms with Gasteiger partial charge in [-0.1, -0.05) is 25.1 Å². The van der Waals surface area contributed by atoms with Crippen LogP contribution in [0.15, 0.2) is 34.9 Å². The van der Waals surface area contributed by atoms with Crippen molar-refractivity contribution in [3.63, 3.8) is 0 Å². The summed E-state index contributed by atoms with van der Waals surface area (Å²) in [7, 11) is 1.67. The van der Waals surface area contributed by atoms with Crippen LogP contribution in [0.1, 0.15) is 41.5 Å². The van der Waals surface area contributed by atoms with Gasteiger partial charge < -0.3 is 19.1 Å². The highest BCUT2D eigenvalue weighted by Crippen LogP contribution is 2.27. The topological polar surface area (TPSA) is 71.7 Å². The zero-order valence-electron chi connectivity index (χ0n) is 17.3. The number of fused-ring (bicyclic) bond motifs is 1. The molecule has 0 radical (unpaired) electrons. The predicted molar refractivity (Wildman–Crippen MR) is 112 cm³/mol. The van der Waals surface area contributed by atoms with Crippen molar-refractivity contribution in [2.75, 3.05) is 38.2 Å². The molecular weight excluding hydrogens is 368 g/mol. The normalized spacial score (nSPS) is 14.7. The first-order valence-electron chi connectivity index (χ1n) is 9.93. The minimum atomic E-state index is 0.0101. The highest BCUT2D eigenvalue weighted by molar-refractivity contribution is 6.06. The largest absolute Gasteiger partial charge is 0.497 e. The number of pyridine rings is 1. The van der Waals surface area contributed by atoms with E-state index in [0.29, 0.717) is 30.1 Å². The summed E-state index contributed by atoms with van der Waals surface area (Å²) in [6.45, 7) is 8.80. The van der Waals surface area contributed by atoms with Crippen LogP contribution in [0, 0.1) is 6.92 Å². The Hall–Kier alpha value is -3.09. The molecule has 152 valence electrons. The highest BCUT2D eigenvalue weighted by Gasteiger charge is 2.26. The van der Waals surface area contributed by atoms with Gasteiger partial charge in [0.25, 0.3) is 11.6 Å². The van der Waals surface area contributed by atoms with E-state index in [-0.39, 0.29) is 11.8 Å². The number of aryl methyl sites for hydroxylation is 1. The first-order valence-corrected chi connectivity index (χ1v) is 9.93. The fourth-order valence-corrected chi connectivity index (χ4v) is 3.72. The van der Waals surface area contributed by atoms with Gasteiger partial charge in [0.15, 0.2) is 0 Å². The van der Waals surface area contributed by atoms with Gasteiger partial charge in [0.1, 0.15) is 5.75 Å². The van der Waals surface area contributed by atoms with Crippen LogP contribution in [0.4, 0.5) is 5.69 Å². The number of anilines is 1. The van der Waals surface area contributed by atoms with E-state index in [1.807, 2.05) is 36.1 Å². The predicted octanol–water partition coefficient (Wildman–Crippen LogP) is 3.63. The molecule has 1 aliphatic heterocycles. The van der Waals surface area contributed by atoms with Gasteiger partial charge in [0.05, 0.1) is 23.8 Å². The lowest BCUT2D eigenvalue weighted by Gasteiger charge is -2.36. The second kappa shape index (κ2) is 7.73. The van der Waals surface area contributed by atoms with Crippen molar-refractivity contribution < 1.29 is 14.1 Å². The molecule has 0 bridgehead atoms. The molecule has 1 aromatic carbocycles. The Morgan fingerprint density at radius 2 is 1.93 bits per heavy atom. The number of benzene rings is 1. The second-order valence-electron chi connectivity index (χ2n) is 7.68. The Balaban J connectivity index is 1.56. The molecule has 7 heteroatoms. The lowest BCUT2D eigenvalue weighted by Crippen LogP contribution is -2.48. The molecule has 0 unspecified atom stereocenters. The van der Waals surface area contributed by atoms with E-state index in [1.165, 1.54) is 0 Å². The van der Waals surface area contributed by atoms with Crippen molar-refractivity contribution in [1.29, 1.82) is 0 Å². The number of hydrogen-bond donors (Lipinski definition) is 0. The van der Waals surface area contributed by atoms with Gasteiger partial charge in [-0.05, 0) is 31.0 Å². The van der Waals surface area contributed by atoms with E-state index < -0.39 is 0 Å². The second-order valence-corrected chi connectivity index (χ2v) is 7.68. The van der Waals surface area contributed by atoms with Gasteiger partial charge in [-0.25, -0.2) is 4.98 Å². The van der Waals surface area contributed by atoms with Crippen molar-refractivity contribution in [2.45, 2.75) is 26.7 Å². The average Bonchev–Trinajstić information content (AvgIpc) is 3.13. The van der Waals surface area contributed by atoms with Gasteiger partial charge in [0, 0.05) is 43.6 Å². The summed E-state index contributed by atoms with van der Waals surface area (Å²) in [4.78, 5) is 22.1. The smallest absolute Gasteiger partial charge is 0.259 e. The Morgan fingerprint density at radius 1 is 1.17 bits per heavy atom. The summed E-state index contributed by atoms with van der Waals surface area (Å²) in [5.41, 5.74) is 3.72. The molecule has 1 aliphatic rings. The molecule has 0 spiro atoms. The van der Waals surface area contributed by atoms with Crippen LogP contribution in [0.5, 0.6) is 5.75 Å². The Kier molecular flexibility index (Phi) is 5.13. The van der Waals surface area contributed by atoms with Gasteiger partial charge >= 0.3 is 0 Å². The van der Waals surface area contributed by atoms with E-state index in [0.717, 1.165) is 35.6 Å². The van der Waals surface area contributed by atoms with Crippen molar-refractivity contribution in [2.24, 2.45) is 0 Å². The van der Waals surface area contributed by atoms with Gasteiger partial charge in [-0.3, -0.25) is 4.79 Å². The van der Waals surface area contributed by atoms with Gasteiger partial charge in [-0.15, -0.1) is 0 Å². The fourth-order valence-electron chi connectivity index (χ4n) is 3.72. The van der Waals surface area contributed by atoms with Crippen LogP contribution in [-0.2, 0) is 0 Å². The monoisotopic (exact) mass is 394 g/mol. The molecule has 4 rings (SSSR count). The summed E-state index contributed by atoms with van der Waals surface area (Å²) in [5.74, 6) is 1.04. The molecule has 0 N–H and O–H groups in total. The average molecular weight is 394 g/mol. The van der Waals surface area contributed by atoms with Crippen LogP contribution in [0.2, 0.25) is 0 Å². The molecule has 1 fully saturated rings. The molecule has 1 saturated heterocycles. The van der Waals surface area contributed by atoms with E-state index in [1.54, 1.807) is 7.11 Å². The molecule has 0 saturated carbocycles. The third-order valence-electron chi connectivity index (χ3n) is 5.44. The number of rotatable bonds is 4. The number of methoxy groups -OCH3 is 1. The summed E-state index contributed by atoms with van der Waals surface area (Å²) in [6, 6.07) is 9.92. The summed E-state index contributed by atoms with van der Waals surface area (Å²) in [6.07, 6.45) is 0. The molecule has 29 heavy (non-hydrogen) atoms. The van der Waals surface area contributed by atoms with Crippen LogP contribution in [0.25, 0.3) is 11.1 Å². The van der Waals surface area contributed by atoms with Crippen LogP contribution in [-0.4, -0.2) is 54.2 Å². The standard InChI is InChI=1S/C22H26N4O3/c1-14(2)19-13-18(20-15(3)24-29-21(20)23-19)22(27)26-10-8-25(9-11-26)16-6-5-7-17(12-16)28-4/h5-7,12-14H,8-11H2,1-4H3. The molecule has 0 atom stereocenters. The third kappa shape index (κ3) is 3.64. The van der Waals surface area contributed by atoms with E-state index in [2.05, 4.69) is 35.0 Å². The summed E-state index contributed by atoms with van der Waals surface area (Å²) in [5, 5.41) is 4.74. The molecule has 3 heterocycles. The molecule has 3 aromatic rings. The number of carbonyl (C=O) groups excluding carboxylic acids is 1. The maximum atomic E-state index is 13.4. The third-order valence-corrected chi connectivity index (χ3v) is 5.44. The number of carbonyl (C=O) groups is 1. The van der Waals surface area contributed by atoms with Crippen molar-refractivity contribution >= 4 is 22.7 Å². The van der Waals surface area contributed by atoms with E-state index >= 15 is 0 Å². The highest BCUT2D eigenvalue weighted by atomic mass is 16.5. The van der Waals surface area contributed by atoms with Crippen molar-refractivity contribution in [3.8, 4) is 5.75 Å². The quantitative estimate of drug-likeness (QED) is 0.673. The fraction of sp³-hybridized carbons (Fsp3) is 0.409. The molecule has 2 aromatic heterocycles. The lowest BCUT2D eigenvalue weighted by atomic mass is 10.0. The number of nitrogens with zero attached hydrogens (tertiary/aromatic N) is 4. The maximum Gasteiger partial charge on any atom is 0.259 e. The summed E-state index contributed by atoms with van der Waals surface area (Å²) < 4.78 is 10.7. The van der Waals surface area contributed by atoms with Crippen LogP contribution < -0.4 is 9.64 Å². The number of ether oxygens (including phenoxy) is 1. The number of amides is 1. The lowest BCUT2D eigenvalue weighted by molar-refractivity contribution is 0.0748. The number of aromatic nitrogens is 2. The van der Waals surface area contributed by atoms with E-state index in [9.17, 15) is 4.79 Å². The zero-order valence-corrected chi connectivity index (χ0v) is 17.3. The number of piperazine rings is 1. The molecule has 1 amide bonds. The SMILES string of the molecule is COc1cccc(N2CCN(C(=O)c3cc(C(C)C)nc4onc(C)c34)CC2)c1. The molecule has 7 nitrogen and oxygen atoms in total. The van der Waals surface area contributed by atoms with Crippen molar-refractivity contribution in [3.05, 3.63) is 47.3 Å². The Labute approximate surface area is 170 Å². The molecule has 0 aliphatic carbocycles. The maximum absolute atomic E-state index is 13.4. The Morgan fingerprint density at radius 3 is 2.62 bits per heavy atom. The van der Waals surface area contributed by atoms with Crippen LogP contribution in [0.3, 0.4) is 0 Å². The number of hydrogen-bond acceptors (Lipinski definition) is 6. The van der Waals surface area contributed by atoms with Gasteiger partial charge in [-0.2, -0.15) is 0 Å². The molecular formula is C22H26N4O3. The summed E-state index contributed by atoms with van der Waals surface area (Å²) >= 11 is 0. The Bertz CT molecular complexity index is 1040. The van der Waals surface area contributed by atoms with E-state index in [4.69, 9.17) is 9.26 Å². The minimum Gasteiger partial charge on any atom is -0.497 e. The zero-order chi connectivity index (χ0) is 20.5. The van der Waals surface area contributed by atoms with Gasteiger partial charge in [0.2, 0.25) is 0 Å². The van der Waals surface area contributed by atoms with Crippen molar-refractivity contribution in [1.82, 2.24) is 15.0 Å². The first kappa shape index (κ1) is 19.2.